The molecule has 1 atom stereocenters. The summed E-state index contributed by atoms with van der Waals surface area (Å²) in [6, 6.07) is 5.56. The number of benzene rings is 1. The van der Waals surface area contributed by atoms with Crippen molar-refractivity contribution in [3.63, 3.8) is 0 Å². The molecule has 0 aliphatic carbocycles. The molecule has 0 fully saturated rings. The number of aromatic nitrogens is 1. The number of nitrogens with zero attached hydrogens (tertiary/aromatic N) is 1. The maximum Gasteiger partial charge on any atom is 0.330 e. The van der Waals surface area contributed by atoms with Crippen LogP contribution in [0.1, 0.15) is 66.0 Å². The van der Waals surface area contributed by atoms with E-state index >= 15 is 0 Å². The van der Waals surface area contributed by atoms with E-state index in [0.717, 1.165) is 30.6 Å². The number of aliphatic carboxylic acids is 1. The molecule has 2 aromatic rings. The van der Waals surface area contributed by atoms with Gasteiger partial charge >= 0.3 is 5.97 Å². The number of carboxylic acids is 1. The first-order valence-electron chi connectivity index (χ1n) is 8.79. The molecule has 1 amide bonds. The van der Waals surface area contributed by atoms with E-state index in [1.807, 2.05) is 13.8 Å². The summed E-state index contributed by atoms with van der Waals surface area (Å²) in [6.07, 6.45) is 2.50. The molecular weight excluding hydrogens is 336 g/mol. The molecule has 1 aliphatic heterocycles. The predicted molar refractivity (Wildman–Crippen MR) is 93.3 cm³/mol. The molecule has 7 nitrogen and oxygen atoms in total. The van der Waals surface area contributed by atoms with Crippen molar-refractivity contribution in [2.75, 3.05) is 6.61 Å². The van der Waals surface area contributed by atoms with E-state index in [0.29, 0.717) is 17.9 Å². The molecule has 3 rings (SSSR count). The Labute approximate surface area is 151 Å². The van der Waals surface area contributed by atoms with E-state index in [2.05, 4.69) is 10.5 Å². The summed E-state index contributed by atoms with van der Waals surface area (Å²) in [5, 5.41) is 16.0. The summed E-state index contributed by atoms with van der Waals surface area (Å²) in [4.78, 5) is 24.1. The number of nitrogens with one attached hydrogen (secondary N) is 1. The Morgan fingerprint density at radius 2 is 2.04 bits per heavy atom. The van der Waals surface area contributed by atoms with Crippen LogP contribution in [-0.4, -0.2) is 28.7 Å². The Hall–Kier alpha value is -2.83. The summed E-state index contributed by atoms with van der Waals surface area (Å²) in [6.45, 7) is 4.67. The van der Waals surface area contributed by atoms with Gasteiger partial charge in [0.25, 0.3) is 5.91 Å². The van der Waals surface area contributed by atoms with Crippen molar-refractivity contribution in [2.24, 2.45) is 0 Å². The Bertz CT molecular complexity index is 810. The number of hydrogen-bond donors (Lipinski definition) is 2. The van der Waals surface area contributed by atoms with Gasteiger partial charge in [0.05, 0.1) is 12.3 Å². The van der Waals surface area contributed by atoms with Crippen molar-refractivity contribution >= 4 is 11.9 Å². The van der Waals surface area contributed by atoms with E-state index in [1.165, 1.54) is 0 Å². The smallest absolute Gasteiger partial charge is 0.330 e. The molecule has 2 N–H and O–H groups in total. The summed E-state index contributed by atoms with van der Waals surface area (Å²) < 4.78 is 10.6. The summed E-state index contributed by atoms with van der Waals surface area (Å²) >= 11 is 0. The van der Waals surface area contributed by atoms with E-state index in [9.17, 15) is 14.7 Å². The molecule has 7 heteroatoms. The van der Waals surface area contributed by atoms with Crippen molar-refractivity contribution < 1.29 is 24.0 Å². The first-order chi connectivity index (χ1) is 12.5. The van der Waals surface area contributed by atoms with Gasteiger partial charge in [-0.15, -0.1) is 0 Å². The van der Waals surface area contributed by atoms with Crippen molar-refractivity contribution in [1.82, 2.24) is 10.5 Å². The average Bonchev–Trinajstić information content (AvgIpc) is 3.29. The van der Waals surface area contributed by atoms with E-state index < -0.39 is 17.9 Å². The highest BCUT2D eigenvalue weighted by molar-refractivity contribution is 5.94. The second-order valence-corrected chi connectivity index (χ2v) is 6.34. The molecule has 0 bridgehead atoms. The Balaban J connectivity index is 1.78. The highest BCUT2D eigenvalue weighted by Crippen LogP contribution is 2.28. The topological polar surface area (TPSA) is 102 Å². The second-order valence-electron chi connectivity index (χ2n) is 6.34. The standard InChI is InChI=1S/C19H22N2O5/c1-3-11(4-2)14-10-16(26-21-14)18(22)20-17(19(23)24)13-5-6-15-12(9-13)7-8-25-15/h5-6,9-11,17H,3-4,7-8H2,1-2H3,(H,20,22)(H,23,24). The fraction of sp³-hybridized carbons (Fsp3) is 0.421. The molecule has 1 aliphatic rings. The van der Waals surface area contributed by atoms with Crippen molar-refractivity contribution in [2.45, 2.75) is 45.1 Å². The van der Waals surface area contributed by atoms with E-state index in [4.69, 9.17) is 9.26 Å². The van der Waals surface area contributed by atoms with Gasteiger partial charge in [0.2, 0.25) is 5.76 Å². The van der Waals surface area contributed by atoms with Crippen LogP contribution in [0.15, 0.2) is 28.8 Å². The van der Waals surface area contributed by atoms with Gasteiger partial charge in [0.1, 0.15) is 5.75 Å². The number of carbonyl (C=O) groups is 2. The molecule has 0 saturated heterocycles. The zero-order valence-electron chi connectivity index (χ0n) is 14.8. The third kappa shape index (κ3) is 3.56. The number of fused-ring (bicyclic) bond motifs is 1. The average molecular weight is 358 g/mol. The minimum absolute atomic E-state index is 0.0163. The largest absolute Gasteiger partial charge is 0.493 e. The number of ether oxygens (including phenoxy) is 1. The third-order valence-corrected chi connectivity index (χ3v) is 4.73. The normalized spacial score (nSPS) is 14.0. The summed E-state index contributed by atoms with van der Waals surface area (Å²) in [5.41, 5.74) is 2.15. The van der Waals surface area contributed by atoms with Gasteiger partial charge in [-0.1, -0.05) is 25.1 Å². The van der Waals surface area contributed by atoms with Crippen LogP contribution in [0.3, 0.4) is 0 Å². The molecule has 138 valence electrons. The van der Waals surface area contributed by atoms with Gasteiger partial charge in [-0.05, 0) is 36.1 Å². The number of rotatable bonds is 7. The van der Waals surface area contributed by atoms with Crippen LogP contribution in [0.5, 0.6) is 5.75 Å². The lowest BCUT2D eigenvalue weighted by Crippen LogP contribution is -2.33. The fourth-order valence-electron chi connectivity index (χ4n) is 3.17. The number of hydrogen-bond acceptors (Lipinski definition) is 5. The molecule has 1 aromatic carbocycles. The molecular formula is C19H22N2O5. The van der Waals surface area contributed by atoms with Crippen LogP contribution in [0.4, 0.5) is 0 Å². The van der Waals surface area contributed by atoms with Crippen molar-refractivity contribution in [1.29, 1.82) is 0 Å². The molecule has 1 unspecified atom stereocenters. The van der Waals surface area contributed by atoms with Crippen LogP contribution in [0.2, 0.25) is 0 Å². The summed E-state index contributed by atoms with van der Waals surface area (Å²) in [7, 11) is 0. The maximum absolute atomic E-state index is 12.4. The fourth-order valence-corrected chi connectivity index (χ4v) is 3.17. The van der Waals surface area contributed by atoms with Crippen LogP contribution >= 0.6 is 0 Å². The predicted octanol–water partition coefficient (Wildman–Crippen LogP) is 3.07. The molecule has 1 aromatic heterocycles. The Morgan fingerprint density at radius 3 is 2.73 bits per heavy atom. The first kappa shape index (κ1) is 18.0. The SMILES string of the molecule is CCC(CC)c1cc(C(=O)NC(C(=O)O)c2ccc3c(c2)CCO3)on1. The number of carboxylic acid groups (broad SMARTS) is 1. The Kier molecular flexibility index (Phi) is 5.25. The van der Waals surface area contributed by atoms with Crippen molar-refractivity contribution in [3.8, 4) is 5.75 Å². The van der Waals surface area contributed by atoms with E-state index in [-0.39, 0.29) is 11.7 Å². The van der Waals surface area contributed by atoms with Gasteiger partial charge in [-0.25, -0.2) is 4.79 Å². The van der Waals surface area contributed by atoms with Gasteiger partial charge < -0.3 is 19.7 Å². The number of amides is 1. The summed E-state index contributed by atoms with van der Waals surface area (Å²) in [5.74, 6) is -0.750. The van der Waals surface area contributed by atoms with Crippen LogP contribution in [0.25, 0.3) is 0 Å². The molecule has 0 radical (unpaired) electrons. The zero-order chi connectivity index (χ0) is 18.7. The highest BCUT2D eigenvalue weighted by Gasteiger charge is 2.27. The molecule has 0 saturated carbocycles. The quantitative estimate of drug-likeness (QED) is 0.789. The zero-order valence-corrected chi connectivity index (χ0v) is 14.8. The number of carbonyl (C=O) groups excluding carboxylic acids is 1. The van der Waals surface area contributed by atoms with Gasteiger partial charge in [-0.3, -0.25) is 4.79 Å². The minimum Gasteiger partial charge on any atom is -0.493 e. The van der Waals surface area contributed by atoms with Crippen LogP contribution in [0, 0.1) is 0 Å². The van der Waals surface area contributed by atoms with Crippen molar-refractivity contribution in [3.05, 3.63) is 46.8 Å². The van der Waals surface area contributed by atoms with Gasteiger partial charge in [-0.2, -0.15) is 0 Å². The molecule has 0 spiro atoms. The van der Waals surface area contributed by atoms with Crippen LogP contribution in [-0.2, 0) is 11.2 Å². The second kappa shape index (κ2) is 7.59. The molecule has 26 heavy (non-hydrogen) atoms. The van der Waals surface area contributed by atoms with Gasteiger partial charge in [0, 0.05) is 18.4 Å². The highest BCUT2D eigenvalue weighted by atomic mass is 16.5. The Morgan fingerprint density at radius 1 is 1.27 bits per heavy atom. The molecule has 2 heterocycles. The van der Waals surface area contributed by atoms with Crippen LogP contribution < -0.4 is 10.1 Å². The lowest BCUT2D eigenvalue weighted by Gasteiger charge is -2.14. The third-order valence-electron chi connectivity index (χ3n) is 4.73. The van der Waals surface area contributed by atoms with Gasteiger partial charge in [0.15, 0.2) is 6.04 Å². The minimum atomic E-state index is -1.17. The van der Waals surface area contributed by atoms with E-state index in [1.54, 1.807) is 24.3 Å². The first-order valence-corrected chi connectivity index (χ1v) is 8.79. The maximum atomic E-state index is 12.4. The lowest BCUT2D eigenvalue weighted by molar-refractivity contribution is -0.139. The lowest BCUT2D eigenvalue weighted by atomic mass is 9.99. The monoisotopic (exact) mass is 358 g/mol.